The highest BCUT2D eigenvalue weighted by Crippen LogP contribution is 2.28. The topological polar surface area (TPSA) is 90.5 Å². The SMILES string of the molecule is Cc1[nH]c(C(=O)O)c(C)c1S(=O)(=O)N1CCC1. The van der Waals surface area contributed by atoms with Crippen LogP contribution in [0, 0.1) is 13.8 Å². The van der Waals surface area contributed by atoms with Crippen molar-refractivity contribution in [3.63, 3.8) is 0 Å². The Labute approximate surface area is 99.3 Å². The fourth-order valence-electron chi connectivity index (χ4n) is 1.99. The Bertz CT molecular complexity index is 569. The lowest BCUT2D eigenvalue weighted by molar-refractivity contribution is 0.0690. The lowest BCUT2D eigenvalue weighted by Crippen LogP contribution is -2.42. The molecule has 1 fully saturated rings. The average molecular weight is 258 g/mol. The van der Waals surface area contributed by atoms with Gasteiger partial charge in [-0.2, -0.15) is 4.31 Å². The minimum absolute atomic E-state index is 0.0541. The minimum Gasteiger partial charge on any atom is -0.477 e. The number of nitrogens with one attached hydrogen (secondary N) is 1. The van der Waals surface area contributed by atoms with Crippen LogP contribution in [0.4, 0.5) is 0 Å². The van der Waals surface area contributed by atoms with Gasteiger partial charge in [-0.15, -0.1) is 0 Å². The largest absolute Gasteiger partial charge is 0.477 e. The van der Waals surface area contributed by atoms with E-state index in [1.807, 2.05) is 0 Å². The summed E-state index contributed by atoms with van der Waals surface area (Å²) in [5.41, 5.74) is 0.607. The molecule has 0 unspecified atom stereocenters. The third-order valence-electron chi connectivity index (χ3n) is 3.00. The maximum absolute atomic E-state index is 12.2. The number of aryl methyl sites for hydroxylation is 1. The van der Waals surface area contributed by atoms with Gasteiger partial charge in [-0.1, -0.05) is 0 Å². The average Bonchev–Trinajstić information content (AvgIpc) is 2.37. The second-order valence-electron chi connectivity index (χ2n) is 4.14. The number of carboxylic acids is 1. The van der Waals surface area contributed by atoms with Crippen LogP contribution < -0.4 is 0 Å². The molecule has 0 atom stereocenters. The number of aromatic nitrogens is 1. The maximum atomic E-state index is 12.2. The lowest BCUT2D eigenvalue weighted by atomic mass is 10.2. The summed E-state index contributed by atoms with van der Waals surface area (Å²) < 4.78 is 25.8. The normalized spacial score (nSPS) is 16.8. The standard InChI is InChI=1S/C10H14N2O4S/c1-6-8(10(13)14)11-7(2)9(6)17(15,16)12-4-3-5-12/h11H,3-5H2,1-2H3,(H,13,14). The molecule has 0 spiro atoms. The molecule has 0 saturated carbocycles. The van der Waals surface area contributed by atoms with Gasteiger partial charge in [0.2, 0.25) is 10.0 Å². The number of carboxylic acid groups (broad SMARTS) is 1. The molecule has 0 aromatic carbocycles. The molecule has 6 nitrogen and oxygen atoms in total. The number of hydrogen-bond acceptors (Lipinski definition) is 3. The number of nitrogens with zero attached hydrogens (tertiary/aromatic N) is 1. The third-order valence-corrected chi connectivity index (χ3v) is 5.17. The van der Waals surface area contributed by atoms with Gasteiger partial charge in [-0.05, 0) is 20.3 Å². The Balaban J connectivity index is 2.56. The van der Waals surface area contributed by atoms with Crippen molar-refractivity contribution in [1.29, 1.82) is 0 Å². The van der Waals surface area contributed by atoms with Crippen molar-refractivity contribution in [2.45, 2.75) is 25.2 Å². The molecule has 1 aliphatic rings. The van der Waals surface area contributed by atoms with Crippen molar-refractivity contribution in [3.05, 3.63) is 17.0 Å². The number of sulfonamides is 1. The molecule has 0 radical (unpaired) electrons. The molecule has 1 aromatic heterocycles. The van der Waals surface area contributed by atoms with E-state index in [-0.39, 0.29) is 16.2 Å². The van der Waals surface area contributed by atoms with Gasteiger partial charge in [0.15, 0.2) is 0 Å². The molecule has 1 saturated heterocycles. The lowest BCUT2D eigenvalue weighted by Gasteiger charge is -2.29. The maximum Gasteiger partial charge on any atom is 0.352 e. The zero-order valence-corrected chi connectivity index (χ0v) is 10.5. The van der Waals surface area contributed by atoms with E-state index in [9.17, 15) is 13.2 Å². The van der Waals surface area contributed by atoms with E-state index in [1.54, 1.807) is 6.92 Å². The van der Waals surface area contributed by atoms with E-state index in [0.717, 1.165) is 6.42 Å². The quantitative estimate of drug-likeness (QED) is 0.836. The van der Waals surface area contributed by atoms with Gasteiger partial charge in [-0.3, -0.25) is 0 Å². The monoisotopic (exact) mass is 258 g/mol. The zero-order valence-electron chi connectivity index (χ0n) is 9.65. The molecule has 1 aromatic rings. The summed E-state index contributed by atoms with van der Waals surface area (Å²) in [5.74, 6) is -1.14. The summed E-state index contributed by atoms with van der Waals surface area (Å²) in [5, 5.41) is 8.94. The van der Waals surface area contributed by atoms with Crippen molar-refractivity contribution in [2.24, 2.45) is 0 Å². The number of hydrogen-bond donors (Lipinski definition) is 2. The van der Waals surface area contributed by atoms with Gasteiger partial charge in [0.25, 0.3) is 0 Å². The molecule has 17 heavy (non-hydrogen) atoms. The molecule has 2 rings (SSSR count). The van der Waals surface area contributed by atoms with Gasteiger partial charge >= 0.3 is 5.97 Å². The summed E-state index contributed by atoms with van der Waals surface area (Å²) in [6, 6.07) is 0. The highest BCUT2D eigenvalue weighted by molar-refractivity contribution is 7.89. The first-order chi connectivity index (χ1) is 7.85. The Morgan fingerprint density at radius 3 is 2.29 bits per heavy atom. The van der Waals surface area contributed by atoms with Crippen molar-refractivity contribution >= 4 is 16.0 Å². The molecule has 2 heterocycles. The number of H-pyrrole nitrogens is 1. The Morgan fingerprint density at radius 2 is 1.94 bits per heavy atom. The first-order valence-electron chi connectivity index (χ1n) is 5.28. The van der Waals surface area contributed by atoms with E-state index in [1.165, 1.54) is 11.2 Å². The van der Waals surface area contributed by atoms with E-state index in [2.05, 4.69) is 4.98 Å². The molecule has 7 heteroatoms. The first-order valence-corrected chi connectivity index (χ1v) is 6.72. The van der Waals surface area contributed by atoms with E-state index in [4.69, 9.17) is 5.11 Å². The van der Waals surface area contributed by atoms with Gasteiger partial charge in [0.1, 0.15) is 10.6 Å². The predicted molar refractivity (Wildman–Crippen MR) is 60.6 cm³/mol. The number of rotatable bonds is 3. The highest BCUT2D eigenvalue weighted by Gasteiger charge is 2.34. The summed E-state index contributed by atoms with van der Waals surface area (Å²) in [6.07, 6.45) is 0.855. The van der Waals surface area contributed by atoms with Gasteiger partial charge in [0.05, 0.1) is 0 Å². The summed E-state index contributed by atoms with van der Waals surface area (Å²) >= 11 is 0. The molecule has 1 aliphatic heterocycles. The van der Waals surface area contributed by atoms with Crippen LogP contribution in [0.25, 0.3) is 0 Å². The van der Waals surface area contributed by atoms with Crippen LogP contribution in [-0.4, -0.2) is 41.9 Å². The first kappa shape index (κ1) is 12.1. The fourth-order valence-corrected chi connectivity index (χ4v) is 3.91. The second kappa shape index (κ2) is 3.85. The van der Waals surface area contributed by atoms with Crippen molar-refractivity contribution in [2.75, 3.05) is 13.1 Å². The second-order valence-corrected chi connectivity index (χ2v) is 6.02. The van der Waals surface area contributed by atoms with Crippen LogP contribution in [0.5, 0.6) is 0 Å². The Kier molecular flexibility index (Phi) is 2.75. The van der Waals surface area contributed by atoms with Gasteiger partial charge < -0.3 is 10.1 Å². The van der Waals surface area contributed by atoms with E-state index < -0.39 is 16.0 Å². The third kappa shape index (κ3) is 1.75. The van der Waals surface area contributed by atoms with Crippen molar-refractivity contribution in [3.8, 4) is 0 Å². The van der Waals surface area contributed by atoms with Crippen LogP contribution >= 0.6 is 0 Å². The Morgan fingerprint density at radius 1 is 1.35 bits per heavy atom. The molecule has 2 N–H and O–H groups in total. The predicted octanol–water partition coefficient (Wildman–Crippen LogP) is 0.724. The van der Waals surface area contributed by atoms with Crippen molar-refractivity contribution < 1.29 is 18.3 Å². The molecule has 94 valence electrons. The van der Waals surface area contributed by atoms with E-state index >= 15 is 0 Å². The molecule has 0 bridgehead atoms. The molecule has 0 aliphatic carbocycles. The number of aromatic carboxylic acids is 1. The fraction of sp³-hybridized carbons (Fsp3) is 0.500. The van der Waals surface area contributed by atoms with Crippen LogP contribution in [-0.2, 0) is 10.0 Å². The number of aromatic amines is 1. The molecule has 0 amide bonds. The Hall–Kier alpha value is -1.34. The molecular weight excluding hydrogens is 244 g/mol. The van der Waals surface area contributed by atoms with Crippen LogP contribution in [0.2, 0.25) is 0 Å². The van der Waals surface area contributed by atoms with Gasteiger partial charge in [0, 0.05) is 24.3 Å². The minimum atomic E-state index is -3.54. The summed E-state index contributed by atoms with van der Waals surface area (Å²) in [7, 11) is -3.54. The van der Waals surface area contributed by atoms with Crippen LogP contribution in [0.15, 0.2) is 4.90 Å². The summed E-state index contributed by atoms with van der Waals surface area (Å²) in [6.45, 7) is 4.11. The zero-order chi connectivity index (χ0) is 12.8. The van der Waals surface area contributed by atoms with Gasteiger partial charge in [-0.25, -0.2) is 13.2 Å². The van der Waals surface area contributed by atoms with E-state index in [0.29, 0.717) is 18.8 Å². The van der Waals surface area contributed by atoms with Crippen molar-refractivity contribution in [1.82, 2.24) is 9.29 Å². The van der Waals surface area contributed by atoms with Crippen LogP contribution in [0.3, 0.4) is 0 Å². The highest BCUT2D eigenvalue weighted by atomic mass is 32.2. The number of carbonyl (C=O) groups is 1. The van der Waals surface area contributed by atoms with Crippen LogP contribution in [0.1, 0.15) is 28.2 Å². The molecular formula is C10H14N2O4S. The smallest absolute Gasteiger partial charge is 0.352 e. The summed E-state index contributed by atoms with van der Waals surface area (Å²) in [4.78, 5) is 13.7.